The van der Waals surface area contributed by atoms with Gasteiger partial charge in [0.05, 0.1) is 24.7 Å². The van der Waals surface area contributed by atoms with Crippen molar-refractivity contribution in [2.24, 2.45) is 0 Å². The molecule has 4 rings (SSSR count). The maximum absolute atomic E-state index is 13.8. The monoisotopic (exact) mass is 460 g/mol. The molecule has 2 aromatic rings. The number of nitriles is 1. The number of rotatable bonds is 6. The quantitative estimate of drug-likeness (QED) is 0.473. The maximum atomic E-state index is 13.8. The molecule has 0 saturated carbocycles. The molecule has 0 spiro atoms. The van der Waals surface area contributed by atoms with E-state index in [1.54, 1.807) is 0 Å². The number of aryl methyl sites for hydroxylation is 2. The summed E-state index contributed by atoms with van der Waals surface area (Å²) in [4.78, 5) is 28.7. The summed E-state index contributed by atoms with van der Waals surface area (Å²) in [5.74, 6) is -0.142. The summed E-state index contributed by atoms with van der Waals surface area (Å²) in [7, 11) is 0. The second-order valence-electron chi connectivity index (χ2n) is 9.75. The zero-order valence-corrected chi connectivity index (χ0v) is 20.3. The van der Waals surface area contributed by atoms with Crippen molar-refractivity contribution in [1.29, 1.82) is 5.26 Å². The van der Waals surface area contributed by atoms with Crippen LogP contribution in [-0.4, -0.2) is 48.6 Å². The number of carbonyl (C=O) groups excluding carboxylic acids is 2. The van der Waals surface area contributed by atoms with Crippen LogP contribution in [0.1, 0.15) is 54.4 Å². The molecule has 1 atom stereocenters. The third kappa shape index (κ3) is 5.00. The van der Waals surface area contributed by atoms with Crippen molar-refractivity contribution in [2.45, 2.75) is 58.6 Å². The predicted molar refractivity (Wildman–Crippen MR) is 131 cm³/mol. The Balaban J connectivity index is 1.55. The lowest BCUT2D eigenvalue weighted by molar-refractivity contribution is -0.934. The number of esters is 1. The molecule has 2 aliphatic heterocycles. The van der Waals surface area contributed by atoms with Gasteiger partial charge in [-0.05, 0) is 68.4 Å². The van der Waals surface area contributed by atoms with Crippen LogP contribution in [0.25, 0.3) is 0 Å². The highest BCUT2D eigenvalue weighted by atomic mass is 16.5. The minimum atomic E-state index is -0.239. The Morgan fingerprint density at radius 3 is 2.35 bits per heavy atom. The first-order chi connectivity index (χ1) is 16.4. The first-order valence-electron chi connectivity index (χ1n) is 12.3. The van der Waals surface area contributed by atoms with Crippen molar-refractivity contribution < 1.29 is 18.8 Å². The lowest BCUT2D eigenvalue weighted by Crippen LogP contribution is -2.61. The van der Waals surface area contributed by atoms with E-state index >= 15 is 0 Å². The van der Waals surface area contributed by atoms with Crippen molar-refractivity contribution in [3.8, 4) is 6.07 Å². The topological polar surface area (TPSA) is 70.4 Å². The molecule has 0 aromatic heterocycles. The zero-order chi connectivity index (χ0) is 24.1. The Morgan fingerprint density at radius 2 is 1.74 bits per heavy atom. The van der Waals surface area contributed by atoms with Gasteiger partial charge in [0.2, 0.25) is 0 Å². The number of quaternary nitrogens is 1. The average molecular weight is 461 g/mol. The van der Waals surface area contributed by atoms with Crippen molar-refractivity contribution in [1.82, 2.24) is 0 Å². The van der Waals surface area contributed by atoms with Crippen LogP contribution >= 0.6 is 0 Å². The number of benzene rings is 2. The lowest BCUT2D eigenvalue weighted by Gasteiger charge is -2.41. The van der Waals surface area contributed by atoms with E-state index in [1.165, 1.54) is 0 Å². The van der Waals surface area contributed by atoms with Gasteiger partial charge in [-0.1, -0.05) is 30.3 Å². The average Bonchev–Trinajstić information content (AvgIpc) is 3.05. The summed E-state index contributed by atoms with van der Waals surface area (Å²) in [6.07, 6.45) is 5.04. The molecule has 1 unspecified atom stereocenters. The predicted octanol–water partition coefficient (Wildman–Crippen LogP) is 4.41. The number of anilines is 1. The minimum absolute atomic E-state index is 0.0914. The van der Waals surface area contributed by atoms with Crippen LogP contribution < -0.4 is 4.90 Å². The second-order valence-corrected chi connectivity index (χ2v) is 9.75. The van der Waals surface area contributed by atoms with Crippen LogP contribution in [0.15, 0.2) is 42.5 Å². The van der Waals surface area contributed by atoms with Crippen LogP contribution in [0.4, 0.5) is 5.69 Å². The summed E-state index contributed by atoms with van der Waals surface area (Å²) in [5, 5.41) is 9.29. The highest BCUT2D eigenvalue weighted by Crippen LogP contribution is 2.35. The molecule has 0 radical (unpaired) electrons. The number of nitrogens with zero attached hydrogens (tertiary/aromatic N) is 3. The molecule has 2 fully saturated rings. The minimum Gasteiger partial charge on any atom is -0.457 e. The fourth-order valence-electron chi connectivity index (χ4n) is 5.78. The second kappa shape index (κ2) is 10.4. The molecule has 2 saturated heterocycles. The molecule has 2 aromatic carbocycles. The number of hydrogen-bond acceptors (Lipinski definition) is 4. The van der Waals surface area contributed by atoms with Gasteiger partial charge in [0.15, 0.2) is 12.6 Å². The molecule has 1 amide bonds. The highest BCUT2D eigenvalue weighted by molar-refractivity contribution is 6.00. The Bertz CT molecular complexity index is 1060. The molecule has 178 valence electrons. The molecule has 0 bridgehead atoms. The SMILES string of the molecule is Cc1cc(C#N)cc(C)c1N1CCC([N+]2(CC(=O)OCc3ccccc3)CCCCCC2)C1=O. The highest BCUT2D eigenvalue weighted by Gasteiger charge is 2.49. The lowest BCUT2D eigenvalue weighted by atomic mass is 10.0. The number of likely N-dealkylation sites (tertiary alicyclic amines) is 1. The van der Waals surface area contributed by atoms with Gasteiger partial charge in [-0.15, -0.1) is 0 Å². The summed E-state index contributed by atoms with van der Waals surface area (Å²) < 4.78 is 6.15. The summed E-state index contributed by atoms with van der Waals surface area (Å²) >= 11 is 0. The van der Waals surface area contributed by atoms with Crippen LogP contribution in [-0.2, 0) is 20.9 Å². The fourth-order valence-corrected chi connectivity index (χ4v) is 5.78. The molecule has 0 N–H and O–H groups in total. The third-order valence-electron chi connectivity index (χ3n) is 7.37. The van der Waals surface area contributed by atoms with Gasteiger partial charge in [-0.25, -0.2) is 4.79 Å². The smallest absolute Gasteiger partial charge is 0.362 e. The van der Waals surface area contributed by atoms with Gasteiger partial charge < -0.3 is 14.1 Å². The molecular formula is C28H34N3O3+. The Labute approximate surface area is 202 Å². The van der Waals surface area contributed by atoms with Crippen molar-refractivity contribution in [2.75, 3.05) is 31.1 Å². The van der Waals surface area contributed by atoms with Crippen LogP contribution in [0.3, 0.4) is 0 Å². The Morgan fingerprint density at radius 1 is 1.09 bits per heavy atom. The number of amides is 1. The Hall–Kier alpha value is -3.17. The molecule has 34 heavy (non-hydrogen) atoms. The van der Waals surface area contributed by atoms with E-state index in [4.69, 9.17) is 4.74 Å². The van der Waals surface area contributed by atoms with Crippen molar-refractivity contribution in [3.05, 3.63) is 64.7 Å². The van der Waals surface area contributed by atoms with E-state index in [2.05, 4.69) is 6.07 Å². The van der Waals surface area contributed by atoms with Crippen molar-refractivity contribution >= 4 is 17.6 Å². The molecule has 6 nitrogen and oxygen atoms in total. The Kier molecular flexibility index (Phi) is 7.33. The fraction of sp³-hybridized carbons (Fsp3) is 0.464. The van der Waals surface area contributed by atoms with Gasteiger partial charge in [0, 0.05) is 18.7 Å². The normalized spacial score (nSPS) is 20.0. The van der Waals surface area contributed by atoms with E-state index in [9.17, 15) is 14.9 Å². The number of ether oxygens (including phenoxy) is 1. The summed E-state index contributed by atoms with van der Waals surface area (Å²) in [6, 6.07) is 15.4. The number of carbonyl (C=O) groups is 2. The van der Waals surface area contributed by atoms with Crippen LogP contribution in [0, 0.1) is 25.2 Å². The molecular weight excluding hydrogens is 426 g/mol. The molecule has 6 heteroatoms. The van der Waals surface area contributed by atoms with Crippen LogP contribution in [0.5, 0.6) is 0 Å². The van der Waals surface area contributed by atoms with E-state index < -0.39 is 0 Å². The summed E-state index contributed by atoms with van der Waals surface area (Å²) in [5.41, 5.74) is 4.36. The van der Waals surface area contributed by atoms with E-state index in [-0.39, 0.29) is 31.1 Å². The van der Waals surface area contributed by atoms with E-state index in [0.29, 0.717) is 16.6 Å². The maximum Gasteiger partial charge on any atom is 0.362 e. The van der Waals surface area contributed by atoms with Gasteiger partial charge >= 0.3 is 5.97 Å². The third-order valence-corrected chi connectivity index (χ3v) is 7.37. The largest absolute Gasteiger partial charge is 0.457 e. The van der Waals surface area contributed by atoms with Gasteiger partial charge in [-0.2, -0.15) is 5.26 Å². The van der Waals surface area contributed by atoms with Gasteiger partial charge in [0.25, 0.3) is 5.91 Å². The molecule has 0 aliphatic carbocycles. The van der Waals surface area contributed by atoms with Gasteiger partial charge in [0.1, 0.15) is 6.61 Å². The zero-order valence-electron chi connectivity index (χ0n) is 20.3. The van der Waals surface area contributed by atoms with Gasteiger partial charge in [-0.3, -0.25) is 4.79 Å². The van der Waals surface area contributed by atoms with E-state index in [0.717, 1.165) is 67.6 Å². The van der Waals surface area contributed by atoms with E-state index in [1.807, 2.05) is 61.2 Å². The first kappa shape index (κ1) is 24.0. The number of hydrogen-bond donors (Lipinski definition) is 0. The standard InChI is InChI=1S/C28H34N3O3/c1-21-16-24(18-29)17-22(2)27(21)30-13-12-25(28(30)33)31(14-8-3-4-9-15-31)19-26(32)34-20-23-10-6-5-7-11-23/h5-7,10-11,16-17,25H,3-4,8-9,12-15,19-20H2,1-2H3/q+1. The molecule has 2 heterocycles. The summed E-state index contributed by atoms with van der Waals surface area (Å²) in [6.45, 7) is 6.71. The van der Waals surface area contributed by atoms with Crippen molar-refractivity contribution in [3.63, 3.8) is 0 Å². The van der Waals surface area contributed by atoms with Crippen LogP contribution in [0.2, 0.25) is 0 Å². The molecule has 2 aliphatic rings. The first-order valence-corrected chi connectivity index (χ1v) is 12.3.